The summed E-state index contributed by atoms with van der Waals surface area (Å²) in [6, 6.07) is 3.94. The summed E-state index contributed by atoms with van der Waals surface area (Å²) >= 11 is 0. The summed E-state index contributed by atoms with van der Waals surface area (Å²) in [7, 11) is 0. The van der Waals surface area contributed by atoms with Crippen molar-refractivity contribution in [3.63, 3.8) is 0 Å². The molecule has 0 aromatic heterocycles. The van der Waals surface area contributed by atoms with Crippen molar-refractivity contribution < 1.29 is 4.74 Å². The van der Waals surface area contributed by atoms with E-state index in [1.165, 1.54) is 5.56 Å². The molecule has 0 saturated heterocycles. The van der Waals surface area contributed by atoms with E-state index < -0.39 is 0 Å². The second-order valence-electron chi connectivity index (χ2n) is 2.85. The van der Waals surface area contributed by atoms with Crippen LogP contribution < -0.4 is 10.5 Å². The van der Waals surface area contributed by atoms with Gasteiger partial charge in [-0.05, 0) is 38.0 Å². The largest absolute Gasteiger partial charge is 0.492 e. The van der Waals surface area contributed by atoms with Crippen LogP contribution in [-0.2, 0) is 0 Å². The summed E-state index contributed by atoms with van der Waals surface area (Å²) in [6.07, 6.45) is 0. The third-order valence-electron chi connectivity index (χ3n) is 2.05. The van der Waals surface area contributed by atoms with Gasteiger partial charge in [0.05, 0.1) is 12.3 Å². The Kier molecular flexibility index (Phi) is 2.58. The number of ether oxygens (including phenoxy) is 1. The molecule has 2 nitrogen and oxygen atoms in total. The first-order chi connectivity index (χ1) is 5.66. The topological polar surface area (TPSA) is 35.2 Å². The molecule has 0 aliphatic rings. The lowest BCUT2D eigenvalue weighted by Gasteiger charge is -2.10. The first-order valence-electron chi connectivity index (χ1n) is 4.15. The lowest BCUT2D eigenvalue weighted by Crippen LogP contribution is -1.99. The number of benzene rings is 1. The number of anilines is 1. The highest BCUT2D eigenvalue weighted by Crippen LogP contribution is 2.26. The van der Waals surface area contributed by atoms with Crippen molar-refractivity contribution in [2.45, 2.75) is 20.8 Å². The van der Waals surface area contributed by atoms with E-state index >= 15 is 0 Å². The Morgan fingerprint density at radius 2 is 2.00 bits per heavy atom. The van der Waals surface area contributed by atoms with Crippen LogP contribution in [0.2, 0.25) is 0 Å². The fourth-order valence-electron chi connectivity index (χ4n) is 1.09. The standard InChI is InChI=1S/C10H15NO/c1-4-12-9-6-5-7(2)8(3)10(9)11/h5-6H,4,11H2,1-3H3. The summed E-state index contributed by atoms with van der Waals surface area (Å²) in [5.41, 5.74) is 8.92. The first-order valence-corrected chi connectivity index (χ1v) is 4.15. The molecule has 0 saturated carbocycles. The Bertz CT molecular complexity index is 281. The number of nitrogen functional groups attached to an aromatic ring is 1. The molecule has 0 spiro atoms. The zero-order valence-corrected chi connectivity index (χ0v) is 7.85. The first kappa shape index (κ1) is 8.91. The quantitative estimate of drug-likeness (QED) is 0.682. The predicted molar refractivity (Wildman–Crippen MR) is 51.5 cm³/mol. The van der Waals surface area contributed by atoms with Crippen LogP contribution in [0.15, 0.2) is 12.1 Å². The number of rotatable bonds is 2. The third-order valence-corrected chi connectivity index (χ3v) is 2.05. The Balaban J connectivity index is 3.08. The van der Waals surface area contributed by atoms with Gasteiger partial charge >= 0.3 is 0 Å². The highest BCUT2D eigenvalue weighted by Gasteiger charge is 2.03. The zero-order valence-electron chi connectivity index (χ0n) is 7.85. The van der Waals surface area contributed by atoms with Crippen LogP contribution in [0, 0.1) is 13.8 Å². The summed E-state index contributed by atoms with van der Waals surface area (Å²) in [5, 5.41) is 0. The maximum absolute atomic E-state index is 5.84. The molecule has 2 N–H and O–H groups in total. The van der Waals surface area contributed by atoms with E-state index in [0.29, 0.717) is 6.61 Å². The van der Waals surface area contributed by atoms with Gasteiger partial charge in [0.15, 0.2) is 0 Å². The molecule has 0 unspecified atom stereocenters. The molecule has 0 bridgehead atoms. The second-order valence-corrected chi connectivity index (χ2v) is 2.85. The molecule has 0 atom stereocenters. The Morgan fingerprint density at radius 3 is 2.58 bits per heavy atom. The monoisotopic (exact) mass is 165 g/mol. The van der Waals surface area contributed by atoms with Crippen LogP contribution in [0.3, 0.4) is 0 Å². The highest BCUT2D eigenvalue weighted by atomic mass is 16.5. The molecule has 0 aliphatic heterocycles. The Morgan fingerprint density at radius 1 is 1.33 bits per heavy atom. The molecule has 0 radical (unpaired) electrons. The summed E-state index contributed by atoms with van der Waals surface area (Å²) in [5.74, 6) is 0.792. The number of hydrogen-bond acceptors (Lipinski definition) is 2. The fraction of sp³-hybridized carbons (Fsp3) is 0.400. The Hall–Kier alpha value is -1.18. The predicted octanol–water partition coefficient (Wildman–Crippen LogP) is 2.28. The maximum atomic E-state index is 5.84. The van der Waals surface area contributed by atoms with Gasteiger partial charge in [-0.1, -0.05) is 6.07 Å². The molecular formula is C10H15NO. The molecule has 1 rings (SSSR count). The second kappa shape index (κ2) is 3.48. The van der Waals surface area contributed by atoms with Crippen molar-refractivity contribution in [2.24, 2.45) is 0 Å². The van der Waals surface area contributed by atoms with Gasteiger partial charge in [-0.3, -0.25) is 0 Å². The van der Waals surface area contributed by atoms with E-state index in [1.54, 1.807) is 0 Å². The number of nitrogens with two attached hydrogens (primary N) is 1. The molecule has 1 aromatic carbocycles. The number of aryl methyl sites for hydroxylation is 1. The van der Waals surface area contributed by atoms with Crippen LogP contribution in [0.4, 0.5) is 5.69 Å². The molecule has 66 valence electrons. The van der Waals surface area contributed by atoms with Crippen molar-refractivity contribution in [2.75, 3.05) is 12.3 Å². The Labute approximate surface area is 73.3 Å². The van der Waals surface area contributed by atoms with Gasteiger partial charge < -0.3 is 10.5 Å². The minimum Gasteiger partial charge on any atom is -0.492 e. The fourth-order valence-corrected chi connectivity index (χ4v) is 1.09. The molecule has 0 amide bonds. The average Bonchev–Trinajstić information content (AvgIpc) is 2.07. The maximum Gasteiger partial charge on any atom is 0.142 e. The molecule has 0 heterocycles. The molecule has 1 aromatic rings. The molecule has 0 aliphatic carbocycles. The van der Waals surface area contributed by atoms with E-state index in [2.05, 4.69) is 0 Å². The minimum atomic E-state index is 0.659. The van der Waals surface area contributed by atoms with Crippen molar-refractivity contribution in [3.8, 4) is 5.75 Å². The van der Waals surface area contributed by atoms with Gasteiger partial charge in [-0.15, -0.1) is 0 Å². The van der Waals surface area contributed by atoms with E-state index in [9.17, 15) is 0 Å². The van der Waals surface area contributed by atoms with E-state index in [0.717, 1.165) is 17.0 Å². The SMILES string of the molecule is CCOc1ccc(C)c(C)c1N. The van der Waals surface area contributed by atoms with Gasteiger partial charge in [0.2, 0.25) is 0 Å². The van der Waals surface area contributed by atoms with Crippen LogP contribution in [0.25, 0.3) is 0 Å². The van der Waals surface area contributed by atoms with Crippen LogP contribution in [0.5, 0.6) is 5.75 Å². The van der Waals surface area contributed by atoms with Gasteiger partial charge in [-0.2, -0.15) is 0 Å². The molecule has 12 heavy (non-hydrogen) atoms. The smallest absolute Gasteiger partial charge is 0.142 e. The lowest BCUT2D eigenvalue weighted by molar-refractivity contribution is 0.342. The van der Waals surface area contributed by atoms with E-state index in [4.69, 9.17) is 10.5 Å². The van der Waals surface area contributed by atoms with Crippen molar-refractivity contribution >= 4 is 5.69 Å². The van der Waals surface area contributed by atoms with Gasteiger partial charge in [-0.25, -0.2) is 0 Å². The van der Waals surface area contributed by atoms with Gasteiger partial charge in [0, 0.05) is 0 Å². The summed E-state index contributed by atoms with van der Waals surface area (Å²) in [4.78, 5) is 0. The third kappa shape index (κ3) is 1.52. The highest BCUT2D eigenvalue weighted by molar-refractivity contribution is 5.60. The van der Waals surface area contributed by atoms with Crippen LogP contribution in [0.1, 0.15) is 18.1 Å². The molecular weight excluding hydrogens is 150 g/mol. The van der Waals surface area contributed by atoms with Crippen molar-refractivity contribution in [1.82, 2.24) is 0 Å². The molecule has 2 heteroatoms. The summed E-state index contributed by atoms with van der Waals surface area (Å²) in [6.45, 7) is 6.66. The van der Waals surface area contributed by atoms with E-state index in [-0.39, 0.29) is 0 Å². The normalized spacial score (nSPS) is 9.92. The lowest BCUT2D eigenvalue weighted by atomic mass is 10.1. The number of hydrogen-bond donors (Lipinski definition) is 1. The zero-order chi connectivity index (χ0) is 9.14. The van der Waals surface area contributed by atoms with Gasteiger partial charge in [0.1, 0.15) is 5.75 Å². The summed E-state index contributed by atoms with van der Waals surface area (Å²) < 4.78 is 5.35. The molecule has 0 fully saturated rings. The van der Waals surface area contributed by atoms with Crippen molar-refractivity contribution in [3.05, 3.63) is 23.3 Å². The van der Waals surface area contributed by atoms with Crippen molar-refractivity contribution in [1.29, 1.82) is 0 Å². The minimum absolute atomic E-state index is 0.659. The van der Waals surface area contributed by atoms with Crippen LogP contribution >= 0.6 is 0 Å². The van der Waals surface area contributed by atoms with Gasteiger partial charge in [0.25, 0.3) is 0 Å². The van der Waals surface area contributed by atoms with E-state index in [1.807, 2.05) is 32.9 Å². The van der Waals surface area contributed by atoms with Crippen LogP contribution in [-0.4, -0.2) is 6.61 Å². The average molecular weight is 165 g/mol.